The molecule has 12 heteroatoms. The highest BCUT2D eigenvalue weighted by molar-refractivity contribution is 7.90. The van der Waals surface area contributed by atoms with Crippen LogP contribution in [-0.2, 0) is 15.8 Å². The standard InChI is InChI=1S/C25H23F2N5O4S/c1-14(30-24(33)15-10-16(25(2,26)27)12-18(11-15)37(4,34)35)21-22(23-28-8-5-9-29-23)31-19-7-6-17(36-3)13-20(19)32-21/h5-14H,1-4H3,(H,30,33). The Labute approximate surface area is 211 Å². The molecule has 37 heavy (non-hydrogen) atoms. The number of carbonyl (C=O) groups is 1. The lowest BCUT2D eigenvalue weighted by Gasteiger charge is -2.18. The largest absolute Gasteiger partial charge is 0.497 e. The van der Waals surface area contributed by atoms with E-state index in [2.05, 4.69) is 25.3 Å². The Hall–Kier alpha value is -4.06. The summed E-state index contributed by atoms with van der Waals surface area (Å²) in [5.41, 5.74) is 0.837. The summed E-state index contributed by atoms with van der Waals surface area (Å²) in [5, 5.41) is 2.71. The van der Waals surface area contributed by atoms with Gasteiger partial charge in [0.05, 0.1) is 34.8 Å². The fourth-order valence-corrected chi connectivity index (χ4v) is 4.29. The first kappa shape index (κ1) is 26.0. The minimum absolute atomic E-state index is 0.237. The van der Waals surface area contributed by atoms with E-state index in [-0.39, 0.29) is 16.3 Å². The van der Waals surface area contributed by atoms with Crippen molar-refractivity contribution in [3.63, 3.8) is 0 Å². The molecule has 1 atom stereocenters. The third kappa shape index (κ3) is 5.69. The van der Waals surface area contributed by atoms with E-state index < -0.39 is 33.3 Å². The lowest BCUT2D eigenvalue weighted by molar-refractivity contribution is 0.0172. The second-order valence-corrected chi connectivity index (χ2v) is 10.5. The molecule has 0 saturated carbocycles. The molecule has 0 aliphatic rings. The molecule has 192 valence electrons. The average Bonchev–Trinajstić information content (AvgIpc) is 2.86. The molecule has 1 amide bonds. The van der Waals surface area contributed by atoms with Crippen LogP contribution in [0.4, 0.5) is 8.78 Å². The normalized spacial score (nSPS) is 12.8. The number of alkyl halides is 2. The van der Waals surface area contributed by atoms with Crippen molar-refractivity contribution in [1.29, 1.82) is 0 Å². The number of nitrogens with one attached hydrogen (secondary N) is 1. The molecule has 2 heterocycles. The van der Waals surface area contributed by atoms with Gasteiger partial charge in [0.25, 0.3) is 11.8 Å². The maximum atomic E-state index is 14.1. The van der Waals surface area contributed by atoms with E-state index in [1.54, 1.807) is 43.6 Å². The fourth-order valence-electron chi connectivity index (χ4n) is 3.61. The van der Waals surface area contributed by atoms with Crippen molar-refractivity contribution in [3.8, 4) is 17.3 Å². The topological polar surface area (TPSA) is 124 Å². The maximum Gasteiger partial charge on any atom is 0.270 e. The lowest BCUT2D eigenvalue weighted by atomic mass is 10.0. The number of amides is 1. The Bertz CT molecular complexity index is 1590. The maximum absolute atomic E-state index is 14.1. The van der Waals surface area contributed by atoms with E-state index in [1.807, 2.05) is 0 Å². The molecule has 0 spiro atoms. The Balaban J connectivity index is 1.78. The van der Waals surface area contributed by atoms with Crippen LogP contribution in [0.5, 0.6) is 5.75 Å². The number of aromatic nitrogens is 4. The van der Waals surface area contributed by atoms with E-state index in [9.17, 15) is 22.0 Å². The summed E-state index contributed by atoms with van der Waals surface area (Å²) in [6, 6.07) is 8.88. The summed E-state index contributed by atoms with van der Waals surface area (Å²) in [7, 11) is -2.34. The highest BCUT2D eigenvalue weighted by Crippen LogP contribution is 2.31. The molecule has 0 aliphatic heterocycles. The Morgan fingerprint density at radius 1 is 1.05 bits per heavy atom. The molecular weight excluding hydrogens is 504 g/mol. The number of ether oxygens (including phenoxy) is 1. The van der Waals surface area contributed by atoms with Crippen LogP contribution >= 0.6 is 0 Å². The Morgan fingerprint density at radius 3 is 2.38 bits per heavy atom. The molecule has 0 saturated heterocycles. The number of carbonyl (C=O) groups excluding carboxylic acids is 1. The van der Waals surface area contributed by atoms with Gasteiger partial charge in [-0.3, -0.25) is 4.79 Å². The quantitative estimate of drug-likeness (QED) is 0.381. The molecule has 0 aliphatic carbocycles. The van der Waals surface area contributed by atoms with Gasteiger partial charge < -0.3 is 10.1 Å². The van der Waals surface area contributed by atoms with Crippen molar-refractivity contribution < 1.29 is 26.7 Å². The number of sulfone groups is 1. The van der Waals surface area contributed by atoms with Crippen LogP contribution in [0.1, 0.15) is 41.5 Å². The molecular formula is C25H23F2N5O4S. The highest BCUT2D eigenvalue weighted by atomic mass is 32.2. The first-order valence-corrected chi connectivity index (χ1v) is 12.9. The predicted octanol–water partition coefficient (Wildman–Crippen LogP) is 4.10. The second-order valence-electron chi connectivity index (χ2n) is 8.49. The van der Waals surface area contributed by atoms with Crippen LogP contribution < -0.4 is 10.1 Å². The monoisotopic (exact) mass is 527 g/mol. The highest BCUT2D eigenvalue weighted by Gasteiger charge is 2.28. The lowest BCUT2D eigenvalue weighted by Crippen LogP contribution is -2.28. The zero-order valence-electron chi connectivity index (χ0n) is 20.4. The van der Waals surface area contributed by atoms with Gasteiger partial charge >= 0.3 is 0 Å². The van der Waals surface area contributed by atoms with E-state index in [0.717, 1.165) is 24.5 Å². The van der Waals surface area contributed by atoms with Gasteiger partial charge in [0.15, 0.2) is 15.7 Å². The average molecular weight is 528 g/mol. The molecule has 1 N–H and O–H groups in total. The minimum atomic E-state index is -3.86. The fraction of sp³-hybridized carbons (Fsp3) is 0.240. The van der Waals surface area contributed by atoms with Gasteiger partial charge in [-0.1, -0.05) is 0 Å². The number of rotatable bonds is 7. The zero-order chi connectivity index (χ0) is 27.0. The van der Waals surface area contributed by atoms with Crippen LogP contribution in [0, 0.1) is 0 Å². The van der Waals surface area contributed by atoms with Gasteiger partial charge in [0, 0.05) is 42.8 Å². The molecule has 9 nitrogen and oxygen atoms in total. The third-order valence-electron chi connectivity index (χ3n) is 5.54. The number of halogens is 2. The molecule has 2 aromatic carbocycles. The van der Waals surface area contributed by atoms with Crippen LogP contribution in [-0.4, -0.2) is 47.6 Å². The summed E-state index contributed by atoms with van der Waals surface area (Å²) in [6.45, 7) is 2.26. The van der Waals surface area contributed by atoms with Crippen molar-refractivity contribution in [2.45, 2.75) is 30.7 Å². The van der Waals surface area contributed by atoms with Crippen molar-refractivity contribution in [2.24, 2.45) is 0 Å². The molecule has 1 unspecified atom stereocenters. The first-order valence-electron chi connectivity index (χ1n) is 11.0. The summed E-state index contributed by atoms with van der Waals surface area (Å²) in [6.07, 6.45) is 3.96. The first-order chi connectivity index (χ1) is 17.4. The summed E-state index contributed by atoms with van der Waals surface area (Å²) in [4.78, 5) is 30.6. The second kappa shape index (κ2) is 9.77. The van der Waals surface area contributed by atoms with Gasteiger partial charge in [-0.25, -0.2) is 37.1 Å². The Kier molecular flexibility index (Phi) is 6.87. The Morgan fingerprint density at radius 2 is 1.76 bits per heavy atom. The number of benzene rings is 2. The van der Waals surface area contributed by atoms with Crippen molar-refractivity contribution >= 4 is 26.8 Å². The van der Waals surface area contributed by atoms with Gasteiger partial charge in [0.1, 0.15) is 11.4 Å². The number of hydrogen-bond acceptors (Lipinski definition) is 8. The van der Waals surface area contributed by atoms with E-state index in [0.29, 0.717) is 35.1 Å². The zero-order valence-corrected chi connectivity index (χ0v) is 21.2. The molecule has 4 aromatic rings. The van der Waals surface area contributed by atoms with E-state index in [1.165, 1.54) is 7.11 Å². The van der Waals surface area contributed by atoms with Gasteiger partial charge in [-0.2, -0.15) is 0 Å². The van der Waals surface area contributed by atoms with Crippen molar-refractivity contribution in [2.75, 3.05) is 13.4 Å². The number of fused-ring (bicyclic) bond motifs is 1. The van der Waals surface area contributed by atoms with Gasteiger partial charge in [-0.05, 0) is 43.3 Å². The van der Waals surface area contributed by atoms with Crippen molar-refractivity contribution in [1.82, 2.24) is 25.3 Å². The van der Waals surface area contributed by atoms with Gasteiger partial charge in [-0.15, -0.1) is 0 Å². The van der Waals surface area contributed by atoms with Crippen LogP contribution in [0.15, 0.2) is 59.8 Å². The SMILES string of the molecule is COc1ccc2nc(-c3ncccn3)c(C(C)NC(=O)c3cc(C(C)(F)F)cc(S(C)(=O)=O)c3)nc2c1. The van der Waals surface area contributed by atoms with Crippen LogP contribution in [0.3, 0.4) is 0 Å². The molecule has 0 bridgehead atoms. The minimum Gasteiger partial charge on any atom is -0.497 e. The van der Waals surface area contributed by atoms with Crippen molar-refractivity contribution in [3.05, 3.63) is 71.7 Å². The van der Waals surface area contributed by atoms with Gasteiger partial charge in [0.2, 0.25) is 0 Å². The van der Waals surface area contributed by atoms with E-state index >= 15 is 0 Å². The van der Waals surface area contributed by atoms with Crippen LogP contribution in [0.2, 0.25) is 0 Å². The van der Waals surface area contributed by atoms with E-state index in [4.69, 9.17) is 4.74 Å². The molecule has 0 fully saturated rings. The third-order valence-corrected chi connectivity index (χ3v) is 6.63. The summed E-state index contributed by atoms with van der Waals surface area (Å²) < 4.78 is 57.6. The molecule has 2 aromatic heterocycles. The van der Waals surface area contributed by atoms with Crippen LogP contribution in [0.25, 0.3) is 22.6 Å². The smallest absolute Gasteiger partial charge is 0.270 e. The predicted molar refractivity (Wildman–Crippen MR) is 132 cm³/mol. The number of methoxy groups -OCH3 is 1. The number of nitrogens with zero attached hydrogens (tertiary/aromatic N) is 4. The summed E-state index contributed by atoms with van der Waals surface area (Å²) >= 11 is 0. The molecule has 0 radical (unpaired) electrons. The molecule has 4 rings (SSSR count). The number of hydrogen-bond donors (Lipinski definition) is 1. The summed E-state index contributed by atoms with van der Waals surface area (Å²) in [5.74, 6) is -3.30.